The second kappa shape index (κ2) is 4.14. The first-order valence-electron chi connectivity index (χ1n) is 5.90. The first kappa shape index (κ1) is 12.3. The number of hydrogen-bond acceptors (Lipinski definition) is 5. The molecule has 0 saturated carbocycles. The molecule has 100 valence electrons. The number of aromatic nitrogens is 3. The van der Waals surface area contributed by atoms with Gasteiger partial charge in [0.1, 0.15) is 5.60 Å². The molecule has 1 atom stereocenters. The van der Waals surface area contributed by atoms with Crippen molar-refractivity contribution in [3.8, 4) is 5.69 Å². The van der Waals surface area contributed by atoms with Crippen LogP contribution in [0.25, 0.3) is 5.69 Å². The first-order chi connectivity index (χ1) is 9.00. The molecule has 2 heterocycles. The van der Waals surface area contributed by atoms with E-state index in [9.17, 15) is 13.5 Å². The van der Waals surface area contributed by atoms with Crippen LogP contribution in [0.1, 0.15) is 12.1 Å². The third-order valence-electron chi connectivity index (χ3n) is 3.31. The monoisotopic (exact) mass is 279 g/mol. The van der Waals surface area contributed by atoms with Crippen molar-refractivity contribution >= 4 is 9.84 Å². The minimum Gasteiger partial charge on any atom is -0.382 e. The largest absolute Gasteiger partial charge is 0.382 e. The molecule has 0 amide bonds. The van der Waals surface area contributed by atoms with Crippen molar-refractivity contribution in [2.45, 2.75) is 12.0 Å². The summed E-state index contributed by atoms with van der Waals surface area (Å²) < 4.78 is 24.6. The molecule has 0 radical (unpaired) electrons. The van der Waals surface area contributed by atoms with Crippen LogP contribution in [-0.4, -0.2) is 40.0 Å². The summed E-state index contributed by atoms with van der Waals surface area (Å²) in [5.41, 5.74) is -0.245. The van der Waals surface area contributed by atoms with Crippen LogP contribution in [0, 0.1) is 0 Å². The van der Waals surface area contributed by atoms with Crippen LogP contribution in [-0.2, 0) is 15.4 Å². The Morgan fingerprint density at radius 3 is 2.63 bits per heavy atom. The van der Waals surface area contributed by atoms with Gasteiger partial charge >= 0.3 is 0 Å². The lowest BCUT2D eigenvalue weighted by Crippen LogP contribution is -2.30. The fourth-order valence-electron chi connectivity index (χ4n) is 2.35. The van der Waals surface area contributed by atoms with E-state index in [1.807, 2.05) is 30.3 Å². The average Bonchev–Trinajstić information content (AvgIpc) is 2.96. The standard InChI is InChI=1S/C12H13N3O3S/c16-12(6-7-19(17,18)9-12)11-8-13-14-15(11)10-4-2-1-3-5-10/h1-5,8,16H,6-7,9H2. The van der Waals surface area contributed by atoms with E-state index >= 15 is 0 Å². The Morgan fingerprint density at radius 1 is 1.26 bits per heavy atom. The van der Waals surface area contributed by atoms with E-state index in [1.165, 1.54) is 10.9 Å². The summed E-state index contributed by atoms with van der Waals surface area (Å²) >= 11 is 0. The first-order valence-corrected chi connectivity index (χ1v) is 7.72. The van der Waals surface area contributed by atoms with Crippen LogP contribution < -0.4 is 0 Å². The molecule has 1 saturated heterocycles. The maximum atomic E-state index is 11.6. The smallest absolute Gasteiger partial charge is 0.153 e. The van der Waals surface area contributed by atoms with E-state index in [0.717, 1.165) is 5.69 Å². The van der Waals surface area contributed by atoms with E-state index in [1.54, 1.807) is 0 Å². The zero-order valence-corrected chi connectivity index (χ0v) is 10.9. The fraction of sp³-hybridized carbons (Fsp3) is 0.333. The van der Waals surface area contributed by atoms with Gasteiger partial charge in [-0.05, 0) is 18.6 Å². The number of para-hydroxylation sites is 1. The van der Waals surface area contributed by atoms with E-state index in [4.69, 9.17) is 0 Å². The predicted molar refractivity (Wildman–Crippen MR) is 68.5 cm³/mol. The van der Waals surface area contributed by atoms with Gasteiger partial charge in [0.2, 0.25) is 0 Å². The topological polar surface area (TPSA) is 85.1 Å². The second-order valence-corrected chi connectivity index (χ2v) is 6.92. The van der Waals surface area contributed by atoms with Crippen LogP contribution in [0.5, 0.6) is 0 Å². The summed E-state index contributed by atoms with van der Waals surface area (Å²) in [6.07, 6.45) is 1.60. The van der Waals surface area contributed by atoms with E-state index < -0.39 is 15.4 Å². The molecule has 1 aromatic heterocycles. The maximum absolute atomic E-state index is 11.6. The molecule has 0 bridgehead atoms. The molecule has 1 fully saturated rings. The highest BCUT2D eigenvalue weighted by molar-refractivity contribution is 7.91. The van der Waals surface area contributed by atoms with Crippen molar-refractivity contribution in [2.75, 3.05) is 11.5 Å². The molecule has 1 aliphatic rings. The van der Waals surface area contributed by atoms with E-state index in [-0.39, 0.29) is 17.9 Å². The zero-order chi connectivity index (χ0) is 13.5. The van der Waals surface area contributed by atoms with Gasteiger partial charge in [-0.25, -0.2) is 13.1 Å². The Hall–Kier alpha value is -1.73. The van der Waals surface area contributed by atoms with Gasteiger partial charge in [0.05, 0.1) is 29.1 Å². The molecule has 7 heteroatoms. The molecule has 1 N–H and O–H groups in total. The number of nitrogens with zero attached hydrogens (tertiary/aromatic N) is 3. The number of benzene rings is 1. The van der Waals surface area contributed by atoms with Gasteiger partial charge in [0.15, 0.2) is 9.84 Å². The van der Waals surface area contributed by atoms with Crippen molar-refractivity contribution in [1.29, 1.82) is 0 Å². The lowest BCUT2D eigenvalue weighted by atomic mass is 10.00. The van der Waals surface area contributed by atoms with E-state index in [0.29, 0.717) is 5.69 Å². The normalized spacial score (nSPS) is 25.5. The highest BCUT2D eigenvalue weighted by atomic mass is 32.2. The van der Waals surface area contributed by atoms with Crippen molar-refractivity contribution < 1.29 is 13.5 Å². The summed E-state index contributed by atoms with van der Waals surface area (Å²) in [5.74, 6) is -0.288. The van der Waals surface area contributed by atoms with Crippen molar-refractivity contribution in [3.05, 3.63) is 42.2 Å². The third kappa shape index (κ3) is 2.15. The zero-order valence-electron chi connectivity index (χ0n) is 10.1. The Balaban J connectivity index is 2.07. The molecule has 0 spiro atoms. The summed E-state index contributed by atoms with van der Waals surface area (Å²) in [7, 11) is -3.20. The lowest BCUT2D eigenvalue weighted by Gasteiger charge is -2.21. The van der Waals surface area contributed by atoms with Crippen LogP contribution >= 0.6 is 0 Å². The highest BCUT2D eigenvalue weighted by Crippen LogP contribution is 2.33. The quantitative estimate of drug-likeness (QED) is 0.853. The van der Waals surface area contributed by atoms with Gasteiger partial charge in [-0.15, -0.1) is 5.10 Å². The molecule has 6 nitrogen and oxygen atoms in total. The Bertz CT molecular complexity index is 696. The number of rotatable bonds is 2. The number of hydrogen-bond donors (Lipinski definition) is 1. The Kier molecular flexibility index (Phi) is 2.68. The molecule has 3 rings (SSSR count). The summed E-state index contributed by atoms with van der Waals surface area (Å²) in [5, 5.41) is 18.3. The van der Waals surface area contributed by atoms with Crippen molar-refractivity contribution in [3.63, 3.8) is 0 Å². The van der Waals surface area contributed by atoms with Gasteiger partial charge < -0.3 is 5.11 Å². The molecule has 1 aliphatic heterocycles. The maximum Gasteiger partial charge on any atom is 0.153 e. The third-order valence-corrected chi connectivity index (χ3v) is 5.06. The van der Waals surface area contributed by atoms with Crippen LogP contribution in [0.4, 0.5) is 0 Å². The lowest BCUT2D eigenvalue weighted by molar-refractivity contribution is 0.0580. The predicted octanol–water partition coefficient (Wildman–Crippen LogP) is 0.273. The average molecular weight is 279 g/mol. The van der Waals surface area contributed by atoms with Crippen LogP contribution in [0.2, 0.25) is 0 Å². The highest BCUT2D eigenvalue weighted by Gasteiger charge is 2.44. The summed E-state index contributed by atoms with van der Waals surface area (Å²) in [6.45, 7) is 0. The molecule has 19 heavy (non-hydrogen) atoms. The summed E-state index contributed by atoms with van der Waals surface area (Å²) in [6, 6.07) is 9.21. The second-order valence-electron chi connectivity index (χ2n) is 4.74. The van der Waals surface area contributed by atoms with Gasteiger partial charge in [0, 0.05) is 0 Å². The van der Waals surface area contributed by atoms with Gasteiger partial charge in [0.25, 0.3) is 0 Å². The van der Waals surface area contributed by atoms with Crippen molar-refractivity contribution in [2.24, 2.45) is 0 Å². The molecule has 0 aliphatic carbocycles. The number of sulfone groups is 1. The van der Waals surface area contributed by atoms with E-state index in [2.05, 4.69) is 10.3 Å². The molecule has 1 aromatic carbocycles. The van der Waals surface area contributed by atoms with Gasteiger partial charge in [-0.3, -0.25) is 0 Å². The van der Waals surface area contributed by atoms with Crippen molar-refractivity contribution in [1.82, 2.24) is 15.0 Å². The van der Waals surface area contributed by atoms with Gasteiger partial charge in [-0.2, -0.15) is 0 Å². The minimum absolute atomic E-state index is 0.0104. The van der Waals surface area contributed by atoms with Crippen LogP contribution in [0.3, 0.4) is 0 Å². The molecular formula is C12H13N3O3S. The summed E-state index contributed by atoms with van der Waals surface area (Å²) in [4.78, 5) is 0. The SMILES string of the molecule is O=S1(=O)CCC(O)(c2cnnn2-c2ccccc2)C1. The fourth-order valence-corrected chi connectivity index (χ4v) is 4.16. The number of aliphatic hydroxyl groups is 1. The molecular weight excluding hydrogens is 266 g/mol. The Labute approximate surface area is 110 Å². The molecule has 2 aromatic rings. The molecule has 1 unspecified atom stereocenters. The minimum atomic E-state index is -3.20. The van der Waals surface area contributed by atoms with Gasteiger partial charge in [-0.1, -0.05) is 23.4 Å². The van der Waals surface area contributed by atoms with Crippen LogP contribution in [0.15, 0.2) is 36.5 Å². The Morgan fingerprint density at radius 2 is 2.00 bits per heavy atom.